The predicted octanol–water partition coefficient (Wildman–Crippen LogP) is 5.39. The van der Waals surface area contributed by atoms with Gasteiger partial charge in [-0.3, -0.25) is 9.59 Å². The van der Waals surface area contributed by atoms with E-state index in [2.05, 4.69) is 5.32 Å². The Bertz CT molecular complexity index is 1210. The Morgan fingerprint density at radius 3 is 2.37 bits per heavy atom. The zero-order chi connectivity index (χ0) is 20.8. The van der Waals surface area contributed by atoms with Crippen LogP contribution in [0.1, 0.15) is 22.7 Å². The molecule has 2 heterocycles. The lowest BCUT2D eigenvalue weighted by atomic mass is 9.97. The molecule has 3 aromatic carbocycles. The summed E-state index contributed by atoms with van der Waals surface area (Å²) < 4.78 is 0. The van der Waals surface area contributed by atoms with E-state index in [1.54, 1.807) is 0 Å². The molecule has 0 aromatic heterocycles. The summed E-state index contributed by atoms with van der Waals surface area (Å²) in [5.41, 5.74) is 5.14. The summed E-state index contributed by atoms with van der Waals surface area (Å²) in [6, 6.07) is 23.0. The molecule has 1 unspecified atom stereocenters. The number of aryl methyl sites for hydroxylation is 2. The topological polar surface area (TPSA) is 49.4 Å². The molecule has 0 bridgehead atoms. The number of hydrogen-bond donors (Lipinski definition) is 1. The SMILES string of the molecule is Cc1ccc(C2Nc3ccccc3SC3=C2C(=O)N(c2cccc(C)c2)C3=O)cc1. The third kappa shape index (κ3) is 3.02. The van der Waals surface area contributed by atoms with Crippen molar-refractivity contribution >= 4 is 35.0 Å². The minimum Gasteiger partial charge on any atom is -0.373 e. The maximum Gasteiger partial charge on any atom is 0.272 e. The minimum atomic E-state index is -0.400. The van der Waals surface area contributed by atoms with E-state index in [1.165, 1.54) is 16.7 Å². The highest BCUT2D eigenvalue weighted by Gasteiger charge is 2.45. The highest BCUT2D eigenvalue weighted by molar-refractivity contribution is 8.04. The summed E-state index contributed by atoms with van der Waals surface area (Å²) >= 11 is 1.37. The molecule has 5 heteroatoms. The van der Waals surface area contributed by atoms with Crippen LogP contribution < -0.4 is 10.2 Å². The summed E-state index contributed by atoms with van der Waals surface area (Å²) in [6.45, 7) is 3.98. The molecule has 30 heavy (non-hydrogen) atoms. The second-order valence-electron chi connectivity index (χ2n) is 7.61. The summed E-state index contributed by atoms with van der Waals surface area (Å²) in [5, 5.41) is 3.52. The first-order chi connectivity index (χ1) is 14.5. The van der Waals surface area contributed by atoms with Crippen molar-refractivity contribution in [2.75, 3.05) is 10.2 Å². The molecule has 1 atom stereocenters. The van der Waals surface area contributed by atoms with E-state index in [4.69, 9.17) is 0 Å². The number of nitrogens with one attached hydrogen (secondary N) is 1. The number of para-hydroxylation sites is 1. The molecule has 148 valence electrons. The Balaban J connectivity index is 1.66. The van der Waals surface area contributed by atoms with Crippen LogP contribution >= 0.6 is 11.8 Å². The van der Waals surface area contributed by atoms with Crippen LogP contribution in [0.25, 0.3) is 0 Å². The van der Waals surface area contributed by atoms with E-state index >= 15 is 0 Å². The van der Waals surface area contributed by atoms with Gasteiger partial charge >= 0.3 is 0 Å². The summed E-state index contributed by atoms with van der Waals surface area (Å²) in [4.78, 5) is 29.8. The molecule has 3 aromatic rings. The predicted molar refractivity (Wildman–Crippen MR) is 121 cm³/mol. The number of amides is 2. The van der Waals surface area contributed by atoms with Gasteiger partial charge in [0.2, 0.25) is 0 Å². The lowest BCUT2D eigenvalue weighted by Crippen LogP contribution is -2.33. The van der Waals surface area contributed by atoms with E-state index in [1.807, 2.05) is 86.6 Å². The van der Waals surface area contributed by atoms with Gasteiger partial charge in [-0.15, -0.1) is 0 Å². The van der Waals surface area contributed by atoms with Crippen molar-refractivity contribution in [1.29, 1.82) is 0 Å². The fraction of sp³-hybridized carbons (Fsp3) is 0.120. The first-order valence-electron chi connectivity index (χ1n) is 9.82. The number of imide groups is 1. The number of carbonyl (C=O) groups is 2. The lowest BCUT2D eigenvalue weighted by molar-refractivity contribution is -0.120. The quantitative estimate of drug-likeness (QED) is 0.574. The van der Waals surface area contributed by atoms with E-state index in [0.717, 1.165) is 27.3 Å². The molecule has 0 fully saturated rings. The molecule has 0 spiro atoms. The molecule has 2 aliphatic rings. The van der Waals surface area contributed by atoms with Gasteiger partial charge in [-0.25, -0.2) is 4.90 Å². The maximum absolute atomic E-state index is 13.6. The van der Waals surface area contributed by atoms with Crippen LogP contribution in [0.4, 0.5) is 11.4 Å². The van der Waals surface area contributed by atoms with Crippen LogP contribution in [0.5, 0.6) is 0 Å². The second-order valence-corrected chi connectivity index (χ2v) is 8.67. The number of anilines is 2. The molecule has 0 saturated heterocycles. The molecule has 2 amide bonds. The van der Waals surface area contributed by atoms with Gasteiger partial charge in [-0.05, 0) is 49.2 Å². The average molecular weight is 413 g/mol. The number of nitrogens with zero attached hydrogens (tertiary/aromatic N) is 1. The van der Waals surface area contributed by atoms with Gasteiger partial charge < -0.3 is 5.32 Å². The van der Waals surface area contributed by atoms with Gasteiger partial charge in [0.05, 0.1) is 22.2 Å². The van der Waals surface area contributed by atoms with Crippen LogP contribution in [0, 0.1) is 13.8 Å². The number of rotatable bonds is 2. The smallest absolute Gasteiger partial charge is 0.272 e. The normalized spacial score (nSPS) is 18.1. The first kappa shape index (κ1) is 18.7. The molecule has 0 radical (unpaired) electrons. The molecule has 0 aliphatic carbocycles. The third-order valence-electron chi connectivity index (χ3n) is 5.43. The zero-order valence-electron chi connectivity index (χ0n) is 16.7. The van der Waals surface area contributed by atoms with Crippen molar-refractivity contribution in [3.05, 3.63) is 100.0 Å². The van der Waals surface area contributed by atoms with Crippen molar-refractivity contribution in [3.8, 4) is 0 Å². The third-order valence-corrected chi connectivity index (χ3v) is 6.61. The fourth-order valence-electron chi connectivity index (χ4n) is 3.90. The largest absolute Gasteiger partial charge is 0.373 e. The number of thioether (sulfide) groups is 1. The van der Waals surface area contributed by atoms with Crippen molar-refractivity contribution in [1.82, 2.24) is 0 Å². The zero-order valence-corrected chi connectivity index (χ0v) is 17.5. The van der Waals surface area contributed by atoms with Gasteiger partial charge in [-0.2, -0.15) is 0 Å². The maximum atomic E-state index is 13.6. The monoisotopic (exact) mass is 412 g/mol. The van der Waals surface area contributed by atoms with Crippen molar-refractivity contribution in [2.45, 2.75) is 24.8 Å². The number of fused-ring (bicyclic) bond motifs is 1. The Morgan fingerprint density at radius 1 is 0.833 bits per heavy atom. The summed E-state index contributed by atoms with van der Waals surface area (Å²) in [7, 11) is 0. The molecule has 2 aliphatic heterocycles. The van der Waals surface area contributed by atoms with E-state index < -0.39 is 6.04 Å². The fourth-order valence-corrected chi connectivity index (χ4v) is 5.00. The number of hydrogen-bond acceptors (Lipinski definition) is 4. The van der Waals surface area contributed by atoms with Crippen molar-refractivity contribution in [3.63, 3.8) is 0 Å². The second kappa shape index (κ2) is 7.18. The highest BCUT2D eigenvalue weighted by atomic mass is 32.2. The van der Waals surface area contributed by atoms with E-state index in [-0.39, 0.29) is 11.8 Å². The lowest BCUT2D eigenvalue weighted by Gasteiger charge is -2.23. The van der Waals surface area contributed by atoms with Crippen LogP contribution in [0.2, 0.25) is 0 Å². The van der Waals surface area contributed by atoms with E-state index in [9.17, 15) is 9.59 Å². The minimum absolute atomic E-state index is 0.263. The molecular weight excluding hydrogens is 392 g/mol. The van der Waals surface area contributed by atoms with Gasteiger partial charge in [0.15, 0.2) is 0 Å². The van der Waals surface area contributed by atoms with E-state index in [0.29, 0.717) is 16.2 Å². The highest BCUT2D eigenvalue weighted by Crippen LogP contribution is 2.48. The standard InChI is InChI=1S/C25H20N2O2S/c1-15-10-12-17(13-11-15)22-21-23(30-20-9-4-3-8-19(20)26-22)25(29)27(24(21)28)18-7-5-6-16(2)14-18/h3-14,22,26H,1-2H3. The molecule has 1 N–H and O–H groups in total. The Morgan fingerprint density at radius 2 is 1.60 bits per heavy atom. The van der Waals surface area contributed by atoms with Crippen LogP contribution in [-0.4, -0.2) is 11.8 Å². The molecular formula is C25H20N2O2S. The molecule has 0 saturated carbocycles. The number of benzene rings is 3. The summed E-state index contributed by atoms with van der Waals surface area (Å²) in [5.74, 6) is -0.528. The van der Waals surface area contributed by atoms with Gasteiger partial charge in [0.1, 0.15) is 0 Å². The van der Waals surface area contributed by atoms with Crippen molar-refractivity contribution < 1.29 is 9.59 Å². The number of carbonyl (C=O) groups excluding carboxylic acids is 2. The van der Waals surface area contributed by atoms with Crippen LogP contribution in [-0.2, 0) is 9.59 Å². The Hall–Kier alpha value is -3.31. The summed E-state index contributed by atoms with van der Waals surface area (Å²) in [6.07, 6.45) is 0. The average Bonchev–Trinajstić information content (AvgIpc) is 2.88. The van der Waals surface area contributed by atoms with Crippen LogP contribution in [0.15, 0.2) is 88.2 Å². The first-order valence-corrected chi connectivity index (χ1v) is 10.6. The molecule has 4 nitrogen and oxygen atoms in total. The van der Waals surface area contributed by atoms with Gasteiger partial charge in [0.25, 0.3) is 11.8 Å². The van der Waals surface area contributed by atoms with Crippen molar-refractivity contribution in [2.24, 2.45) is 0 Å². The van der Waals surface area contributed by atoms with Gasteiger partial charge in [-0.1, -0.05) is 65.9 Å². The van der Waals surface area contributed by atoms with Gasteiger partial charge in [0, 0.05) is 10.6 Å². The van der Waals surface area contributed by atoms with Crippen LogP contribution in [0.3, 0.4) is 0 Å². The molecule has 5 rings (SSSR count). The Labute approximate surface area is 179 Å². The Kier molecular flexibility index (Phi) is 4.48.